The zero-order chi connectivity index (χ0) is 20.9. The first-order valence-corrected chi connectivity index (χ1v) is 11.6. The van der Waals surface area contributed by atoms with Crippen LogP contribution in [0.25, 0.3) is 0 Å². The van der Waals surface area contributed by atoms with E-state index in [1.807, 2.05) is 0 Å². The summed E-state index contributed by atoms with van der Waals surface area (Å²) >= 11 is 0. The topological polar surface area (TPSA) is 94.3 Å². The highest BCUT2D eigenvalue weighted by Crippen LogP contribution is 2.65. The number of ketones is 1. The average Bonchev–Trinajstić information content (AvgIpc) is 3.35. The lowest BCUT2D eigenvalue weighted by molar-refractivity contribution is -0.142. The molecule has 1 N–H and O–H groups in total. The van der Waals surface area contributed by atoms with Crippen LogP contribution in [0.5, 0.6) is 0 Å². The molecule has 4 aliphatic carbocycles. The molecule has 164 valence electrons. The number of ether oxygens (including phenoxy) is 1. The normalized spacial score (nSPS) is 42.7. The Kier molecular flexibility index (Phi) is 4.90. The van der Waals surface area contributed by atoms with Crippen LogP contribution in [0.3, 0.4) is 0 Å². The molecule has 7 unspecified atom stereocenters. The minimum Gasteiger partial charge on any atom is -0.446 e. The highest BCUT2D eigenvalue weighted by atomic mass is 16.6. The molecule has 7 nitrogen and oxygen atoms in total. The van der Waals surface area contributed by atoms with Gasteiger partial charge in [-0.3, -0.25) is 4.79 Å². The Balaban J connectivity index is 1.21. The number of Topliss-reactive ketones (excluding diaryl/α,β-unsaturated/α-hetero) is 1. The summed E-state index contributed by atoms with van der Waals surface area (Å²) < 4.78 is 10.8. The van der Waals surface area contributed by atoms with E-state index < -0.39 is 6.09 Å². The molecule has 4 aliphatic rings. The number of nitrogens with one attached hydrogen (secondary N) is 1. The first-order chi connectivity index (χ1) is 14.4. The van der Waals surface area contributed by atoms with E-state index in [4.69, 9.17) is 9.15 Å². The van der Waals surface area contributed by atoms with Crippen LogP contribution in [-0.4, -0.2) is 28.2 Å². The molecule has 7 heteroatoms. The van der Waals surface area contributed by atoms with E-state index in [1.165, 1.54) is 25.7 Å². The first kappa shape index (κ1) is 20.0. The van der Waals surface area contributed by atoms with Crippen LogP contribution in [0.2, 0.25) is 0 Å². The molecule has 5 rings (SSSR count). The maximum absolute atomic E-state index is 12.6. The number of rotatable bonds is 3. The highest BCUT2D eigenvalue weighted by molar-refractivity contribution is 5.87. The summed E-state index contributed by atoms with van der Waals surface area (Å²) in [5.41, 5.74) is 0.261. The van der Waals surface area contributed by atoms with E-state index in [1.54, 1.807) is 0 Å². The predicted molar refractivity (Wildman–Crippen MR) is 108 cm³/mol. The second kappa shape index (κ2) is 7.34. The molecule has 0 saturated heterocycles. The third kappa shape index (κ3) is 3.16. The molecule has 0 bridgehead atoms. The number of nitrogens with zero attached hydrogens (tertiary/aromatic N) is 2. The molecule has 0 spiro atoms. The van der Waals surface area contributed by atoms with E-state index in [0.29, 0.717) is 40.8 Å². The van der Waals surface area contributed by atoms with Crippen LogP contribution < -0.4 is 5.32 Å². The summed E-state index contributed by atoms with van der Waals surface area (Å²) in [6.45, 7) is 4.92. The van der Waals surface area contributed by atoms with Crippen LogP contribution in [0.1, 0.15) is 77.5 Å². The van der Waals surface area contributed by atoms with Gasteiger partial charge in [0.05, 0.1) is 6.54 Å². The van der Waals surface area contributed by atoms with Crippen molar-refractivity contribution in [1.29, 1.82) is 0 Å². The Morgan fingerprint density at radius 2 is 2.07 bits per heavy atom. The summed E-state index contributed by atoms with van der Waals surface area (Å²) in [5.74, 6) is 3.49. The Labute approximate surface area is 177 Å². The van der Waals surface area contributed by atoms with E-state index in [0.717, 1.165) is 38.5 Å². The van der Waals surface area contributed by atoms with Gasteiger partial charge in [-0.1, -0.05) is 13.8 Å². The Hall–Kier alpha value is -1.92. The van der Waals surface area contributed by atoms with Gasteiger partial charge in [0.2, 0.25) is 12.3 Å². The molecule has 0 aromatic carbocycles. The molecule has 30 heavy (non-hydrogen) atoms. The average molecular weight is 416 g/mol. The molecule has 4 fully saturated rings. The second-order valence-electron chi connectivity index (χ2n) is 10.6. The van der Waals surface area contributed by atoms with Crippen LogP contribution in [0.4, 0.5) is 4.79 Å². The van der Waals surface area contributed by atoms with Crippen molar-refractivity contribution < 1.29 is 18.7 Å². The molecule has 7 atom stereocenters. The monoisotopic (exact) mass is 415 g/mol. The Morgan fingerprint density at radius 3 is 2.87 bits per heavy atom. The summed E-state index contributed by atoms with van der Waals surface area (Å²) in [7, 11) is 0. The zero-order valence-corrected chi connectivity index (χ0v) is 18.1. The lowest BCUT2D eigenvalue weighted by Gasteiger charge is -2.60. The van der Waals surface area contributed by atoms with Crippen molar-refractivity contribution in [2.45, 2.75) is 84.3 Å². The molecule has 1 amide bonds. The van der Waals surface area contributed by atoms with Crippen molar-refractivity contribution >= 4 is 11.9 Å². The molecule has 0 radical (unpaired) electrons. The minimum atomic E-state index is -0.409. The zero-order valence-electron chi connectivity index (χ0n) is 18.1. The van der Waals surface area contributed by atoms with Crippen molar-refractivity contribution in [3.63, 3.8) is 0 Å². The van der Waals surface area contributed by atoms with Gasteiger partial charge >= 0.3 is 6.09 Å². The fourth-order valence-electron chi connectivity index (χ4n) is 7.71. The molecular weight excluding hydrogens is 382 g/mol. The lowest BCUT2D eigenvalue weighted by Crippen LogP contribution is -2.54. The number of alkyl carbamates (subject to hydrolysis) is 1. The fraction of sp³-hybridized carbons (Fsp3) is 0.826. The lowest BCUT2D eigenvalue weighted by atomic mass is 9.45. The summed E-state index contributed by atoms with van der Waals surface area (Å²) in [4.78, 5) is 24.8. The number of hydrogen-bond acceptors (Lipinski definition) is 6. The molecule has 4 saturated carbocycles. The second-order valence-corrected chi connectivity index (χ2v) is 10.6. The summed E-state index contributed by atoms with van der Waals surface area (Å²) in [5, 5.41) is 10.1. The maximum Gasteiger partial charge on any atom is 0.407 e. The highest BCUT2D eigenvalue weighted by Gasteiger charge is 2.60. The smallest absolute Gasteiger partial charge is 0.407 e. The van der Waals surface area contributed by atoms with Gasteiger partial charge in [-0.05, 0) is 80.5 Å². The van der Waals surface area contributed by atoms with Crippen LogP contribution in [0, 0.1) is 34.5 Å². The van der Waals surface area contributed by atoms with Crippen LogP contribution >= 0.6 is 0 Å². The molecule has 1 aromatic heterocycles. The van der Waals surface area contributed by atoms with Crippen LogP contribution in [0.15, 0.2) is 10.8 Å². The van der Waals surface area contributed by atoms with E-state index in [2.05, 4.69) is 29.4 Å². The maximum atomic E-state index is 12.6. The standard InChI is InChI=1S/C23H33N3O4/c1-22-9-7-15(30-21(28)24-12-20-26-25-13-29-20)11-14(22)3-4-16-17-5-6-19(27)23(17,2)10-8-18(16)22/h13-18H,3-12H2,1-2H3,(H,24,28). The van der Waals surface area contributed by atoms with E-state index in [-0.39, 0.29) is 18.1 Å². The SMILES string of the molecule is CC12CCC3C(CCC4CC(OC(=O)NCc5nnco5)CCC43C)C1CCC2=O. The van der Waals surface area contributed by atoms with E-state index in [9.17, 15) is 9.59 Å². The van der Waals surface area contributed by atoms with Gasteiger partial charge in [0, 0.05) is 11.8 Å². The van der Waals surface area contributed by atoms with Gasteiger partial charge in [0.1, 0.15) is 11.9 Å². The fourth-order valence-corrected chi connectivity index (χ4v) is 7.71. The third-order valence-corrected chi connectivity index (χ3v) is 9.39. The molecule has 1 aromatic rings. The van der Waals surface area contributed by atoms with Crippen molar-refractivity contribution in [1.82, 2.24) is 15.5 Å². The van der Waals surface area contributed by atoms with Crippen molar-refractivity contribution in [2.75, 3.05) is 0 Å². The third-order valence-electron chi connectivity index (χ3n) is 9.39. The van der Waals surface area contributed by atoms with Gasteiger partial charge in [-0.2, -0.15) is 0 Å². The molecule has 1 heterocycles. The number of hydrogen-bond donors (Lipinski definition) is 1. The first-order valence-electron chi connectivity index (χ1n) is 11.6. The van der Waals surface area contributed by atoms with Gasteiger partial charge in [0.25, 0.3) is 0 Å². The number of aromatic nitrogens is 2. The summed E-state index contributed by atoms with van der Waals surface area (Å²) in [6.07, 6.45) is 10.4. The largest absolute Gasteiger partial charge is 0.446 e. The van der Waals surface area contributed by atoms with E-state index >= 15 is 0 Å². The van der Waals surface area contributed by atoms with Crippen molar-refractivity contribution in [2.24, 2.45) is 34.5 Å². The number of carbonyl (C=O) groups excluding carboxylic acids is 2. The summed E-state index contributed by atoms with van der Waals surface area (Å²) in [6, 6.07) is 0. The Morgan fingerprint density at radius 1 is 1.20 bits per heavy atom. The van der Waals surface area contributed by atoms with Crippen molar-refractivity contribution in [3.8, 4) is 0 Å². The number of amides is 1. The number of fused-ring (bicyclic) bond motifs is 5. The Bertz CT molecular complexity index is 811. The number of carbonyl (C=O) groups is 2. The molecular formula is C23H33N3O4. The minimum absolute atomic E-state index is 0.0239. The van der Waals surface area contributed by atoms with Gasteiger partial charge in [-0.25, -0.2) is 4.79 Å². The van der Waals surface area contributed by atoms with Gasteiger partial charge in [-0.15, -0.1) is 10.2 Å². The molecule has 0 aliphatic heterocycles. The van der Waals surface area contributed by atoms with Gasteiger partial charge in [0.15, 0.2) is 0 Å². The predicted octanol–water partition coefficient (Wildman–Crippen LogP) is 4.28. The van der Waals surface area contributed by atoms with Crippen molar-refractivity contribution in [3.05, 3.63) is 12.3 Å². The van der Waals surface area contributed by atoms with Gasteiger partial charge < -0.3 is 14.5 Å². The quantitative estimate of drug-likeness (QED) is 0.792. The van der Waals surface area contributed by atoms with Crippen LogP contribution in [-0.2, 0) is 16.1 Å².